The van der Waals surface area contributed by atoms with Gasteiger partial charge in [-0.2, -0.15) is 0 Å². The number of thiophene rings is 5. The molecular formula is C130H73NO6S5. The number of hydrogen-bond donors (Lipinski definition) is 0. The lowest BCUT2D eigenvalue weighted by atomic mass is 9.83. The summed E-state index contributed by atoms with van der Waals surface area (Å²) in [4.78, 5) is 4.38. The van der Waals surface area contributed by atoms with Crippen LogP contribution >= 0.6 is 56.7 Å². The number of furan rings is 5. The van der Waals surface area contributed by atoms with Crippen LogP contribution < -0.4 is 4.74 Å². The monoisotopic (exact) mass is 1900 g/mol. The number of hydrogen-bond acceptors (Lipinski definition) is 12. The molecule has 0 atom stereocenters. The molecule has 7 nitrogen and oxygen atoms in total. The Morgan fingerprint density at radius 2 is 0.676 bits per heavy atom. The van der Waals surface area contributed by atoms with E-state index in [-0.39, 0.29) is 0 Å². The van der Waals surface area contributed by atoms with Gasteiger partial charge in [-0.05, 0) is 318 Å². The fraction of sp³-hybridized carbons (Fsp3) is 0.00769. The van der Waals surface area contributed by atoms with Crippen molar-refractivity contribution in [3.05, 3.63) is 425 Å². The average Bonchev–Trinajstić information content (AvgIpc) is 1.40. The molecule has 0 spiro atoms. The van der Waals surface area contributed by atoms with Crippen LogP contribution in [-0.2, 0) is 0 Å². The van der Waals surface area contributed by atoms with Gasteiger partial charge in [-0.15, -0.1) is 56.7 Å². The second kappa shape index (κ2) is 32.0. The lowest BCUT2D eigenvalue weighted by molar-refractivity contribution is 0.415. The molecule has 22 aromatic carbocycles. The van der Waals surface area contributed by atoms with E-state index in [0.29, 0.717) is 0 Å². The third-order valence-electron chi connectivity index (χ3n) is 29.1. The van der Waals surface area contributed by atoms with Gasteiger partial charge in [-0.25, -0.2) is 0 Å². The van der Waals surface area contributed by atoms with Gasteiger partial charge >= 0.3 is 0 Å². The van der Waals surface area contributed by atoms with Gasteiger partial charge in [0.05, 0.1) is 32.2 Å². The van der Waals surface area contributed by atoms with Crippen molar-refractivity contribution in [1.82, 2.24) is 4.98 Å². The Hall–Kier alpha value is -17.1. The maximum absolute atomic E-state index is 6.12. The normalized spacial score (nSPS) is 12.1. The summed E-state index contributed by atoms with van der Waals surface area (Å²) in [6.07, 6.45) is 10.9. The van der Waals surface area contributed by atoms with Crippen molar-refractivity contribution in [2.45, 2.75) is 0 Å². The summed E-state index contributed by atoms with van der Waals surface area (Å²) in [6.45, 7) is 0. The van der Waals surface area contributed by atoms with Gasteiger partial charge in [0.2, 0.25) is 0 Å². The summed E-state index contributed by atoms with van der Waals surface area (Å²) in [5.74, 6) is 0.863. The maximum Gasteiger partial charge on any atom is 0.135 e. The van der Waals surface area contributed by atoms with Crippen LogP contribution in [0.15, 0.2) is 447 Å². The molecule has 0 aliphatic rings. The lowest BCUT2D eigenvalue weighted by Crippen LogP contribution is -1.93. The van der Waals surface area contributed by atoms with Gasteiger partial charge in [-0.3, -0.25) is 4.98 Å². The zero-order chi connectivity index (χ0) is 93.0. The molecule has 142 heavy (non-hydrogen) atoms. The molecule has 664 valence electrons. The van der Waals surface area contributed by atoms with Crippen LogP contribution in [0.2, 0.25) is 0 Å². The third kappa shape index (κ3) is 12.8. The molecule has 0 radical (unpaired) electrons. The molecule has 11 aromatic heterocycles. The number of pyridine rings is 1. The fourth-order valence-electron chi connectivity index (χ4n) is 22.6. The molecular weight excluding hydrogens is 1830 g/mol. The van der Waals surface area contributed by atoms with E-state index in [1.807, 2.05) is 118 Å². The molecule has 0 aliphatic carbocycles. The van der Waals surface area contributed by atoms with Crippen LogP contribution in [0.1, 0.15) is 0 Å². The molecule has 0 N–H and O–H groups in total. The molecule has 33 rings (SSSR count). The summed E-state index contributed by atoms with van der Waals surface area (Å²) >= 11 is 9.34. The minimum absolute atomic E-state index is 0.863. The van der Waals surface area contributed by atoms with Crippen LogP contribution in [0, 0.1) is 0 Å². The van der Waals surface area contributed by atoms with Crippen molar-refractivity contribution in [2.75, 3.05) is 7.11 Å². The predicted molar refractivity (Wildman–Crippen MR) is 608 cm³/mol. The predicted octanol–water partition coefficient (Wildman–Crippen LogP) is 40.4. The highest BCUT2D eigenvalue weighted by Crippen LogP contribution is 2.56. The Balaban J connectivity index is 0.0000000894. The second-order valence-corrected chi connectivity index (χ2v) is 42.0. The molecule has 12 heteroatoms. The molecule has 0 fully saturated rings. The minimum Gasteiger partial charge on any atom is -0.497 e. The number of methoxy groups -OCH3 is 1. The number of ether oxygens (including phenoxy) is 1. The highest BCUT2D eigenvalue weighted by molar-refractivity contribution is 7.28. The fourth-order valence-corrected chi connectivity index (χ4v) is 28.3. The molecule has 0 saturated carbocycles. The highest BCUT2D eigenvalue weighted by Gasteiger charge is 2.27. The number of benzene rings is 22. The summed E-state index contributed by atoms with van der Waals surface area (Å²) in [5.41, 5.74) is 17.7. The van der Waals surface area contributed by atoms with Gasteiger partial charge in [-0.1, -0.05) is 200 Å². The molecule has 0 amide bonds. The first kappa shape index (κ1) is 81.0. The number of para-hydroxylation sites is 1. The van der Waals surface area contributed by atoms with Gasteiger partial charge in [0.15, 0.2) is 0 Å². The largest absolute Gasteiger partial charge is 0.497 e. The summed E-state index contributed by atoms with van der Waals surface area (Å²) in [7, 11) is 1.70. The highest BCUT2D eigenvalue weighted by atomic mass is 32.1. The Morgan fingerprint density at radius 1 is 0.218 bits per heavy atom. The Labute approximate surface area is 828 Å². The summed E-state index contributed by atoms with van der Waals surface area (Å²) in [5, 5.41) is 43.6. The van der Waals surface area contributed by atoms with Gasteiger partial charge in [0.1, 0.15) is 39.2 Å². The maximum atomic E-state index is 6.12. The lowest BCUT2D eigenvalue weighted by Gasteiger charge is -2.20. The number of fused-ring (bicyclic) bond motifs is 35. The van der Waals surface area contributed by atoms with Crippen molar-refractivity contribution in [2.24, 2.45) is 0 Å². The quantitative estimate of drug-likeness (QED) is 0.153. The Morgan fingerprint density at radius 3 is 1.27 bits per heavy atom. The molecule has 0 saturated heterocycles. The van der Waals surface area contributed by atoms with Crippen molar-refractivity contribution < 1.29 is 26.8 Å². The SMILES string of the molecule is COc1ccc(-c2cc3cc4occc4cc3c3cc4sc5ccccc5c4cc23)cc1.c1ccc2c(-c3c(-c4csc5ccccc45)c4ccc5c6ccccc6sc5c4c4cc5ccoc5cc34)cccc2c1.c1ccc2c(c1)oc1ccc(-c3cc4cc5occc5cc4c4c3ccc3c5ccccc5sc34)cc12.c1cncc(-c2cc3cc4occc4cc3c3cc4sc5ccccc5c4cc23)c1. The first-order valence-corrected chi connectivity index (χ1v) is 51.6. The second-order valence-electron chi connectivity index (χ2n) is 36.8. The summed E-state index contributed by atoms with van der Waals surface area (Å²) in [6, 6.07) is 138. The molecule has 33 aromatic rings. The first-order valence-electron chi connectivity index (χ1n) is 47.5. The van der Waals surface area contributed by atoms with E-state index in [1.165, 1.54) is 238 Å². The minimum atomic E-state index is 0.863. The van der Waals surface area contributed by atoms with Crippen LogP contribution in [0.5, 0.6) is 5.75 Å². The molecule has 0 unspecified atom stereocenters. The van der Waals surface area contributed by atoms with E-state index in [2.05, 4.69) is 350 Å². The average molecular weight is 1910 g/mol. The smallest absolute Gasteiger partial charge is 0.135 e. The molecule has 0 aliphatic heterocycles. The molecule has 0 bridgehead atoms. The van der Waals surface area contributed by atoms with Crippen LogP contribution in [-0.4, -0.2) is 12.1 Å². The standard InChI is InChI=1S/C40H22OS2.C34H18O2S.C29H18O2S.C27H15NOS/c1-2-10-25-23(8-1)9-7-13-28(25)37-32-21-34-24(18-19-41-34)20-31(32)39-30(38(37)33-22-42-35-14-5-3-12-27(33)35)17-16-29-26-11-4-6-15-36(26)43-40(29)39;1-3-7-29-22(5-1)28-15-19(9-12-30(28)36-29)26-17-21-18-31-20(13-14-35-31)16-27(21)33-24(26)10-11-25-23-6-2-4-8-32(23)37-34(25)33;1-30-20-8-6-17(7-9-20)22-13-19-14-27-18(10-11-31-27)12-23(19)25-16-29-26(15-24(22)25)21-4-2-3-5-28(21)32-29;1-2-6-26-19(5-1)24-13-22-20(17-4-3-8-28-15-17)11-18-12-25-16(7-9-29-25)10-21(18)23(22)14-27(24)30-26/h1-22H;1-18H;2-16H,1H3;1-15H. The van der Waals surface area contributed by atoms with Gasteiger partial charge < -0.3 is 26.8 Å². The number of rotatable bonds is 6. The van der Waals surface area contributed by atoms with Crippen LogP contribution in [0.3, 0.4) is 0 Å². The Kier molecular flexibility index (Phi) is 18.2. The van der Waals surface area contributed by atoms with E-state index < -0.39 is 0 Å². The Bertz CT molecular complexity index is 11100. The van der Waals surface area contributed by atoms with Crippen molar-refractivity contribution >= 4 is 310 Å². The molecule has 11 heterocycles. The van der Waals surface area contributed by atoms with Gasteiger partial charge in [0, 0.05) is 157 Å². The number of nitrogens with zero attached hydrogens (tertiary/aromatic N) is 1. The van der Waals surface area contributed by atoms with E-state index in [1.54, 1.807) is 25.9 Å². The van der Waals surface area contributed by atoms with E-state index >= 15 is 0 Å². The van der Waals surface area contributed by atoms with Crippen molar-refractivity contribution in [3.63, 3.8) is 0 Å². The van der Waals surface area contributed by atoms with E-state index in [4.69, 9.17) is 26.8 Å². The summed E-state index contributed by atoms with van der Waals surface area (Å²) < 4.78 is 46.7. The topological polar surface area (TPSA) is 87.8 Å². The van der Waals surface area contributed by atoms with Crippen LogP contribution in [0.25, 0.3) is 309 Å². The third-order valence-corrected chi connectivity index (χ3v) is 34.8. The van der Waals surface area contributed by atoms with Crippen molar-refractivity contribution in [1.29, 1.82) is 0 Å². The van der Waals surface area contributed by atoms with Gasteiger partial charge in [0.25, 0.3) is 0 Å². The zero-order valence-corrected chi connectivity index (χ0v) is 79.9. The van der Waals surface area contributed by atoms with Crippen molar-refractivity contribution in [3.8, 4) is 61.4 Å². The van der Waals surface area contributed by atoms with Crippen LogP contribution in [0.4, 0.5) is 0 Å². The zero-order valence-electron chi connectivity index (χ0n) is 75.9. The number of aromatic nitrogens is 1. The van der Waals surface area contributed by atoms with E-state index in [0.717, 1.165) is 77.1 Å². The van der Waals surface area contributed by atoms with E-state index in [9.17, 15) is 0 Å². The first-order chi connectivity index (χ1) is 70.3.